The lowest BCUT2D eigenvalue weighted by Crippen LogP contribution is -2.53. The van der Waals surface area contributed by atoms with Crippen LogP contribution in [0.3, 0.4) is 0 Å². The standard InChI is InChI=1S/C26H26N4O2/c1-26(2)11-14-29-24(32)16-22(19-9-12-27-13-10-19)28-25(29)30(26)17-23(31)21-8-7-18-5-3-4-6-20(18)15-21/h3-10,12-13,15-16,23,31H,11,14,17H2,1-2H3/t23-/m1/s1. The third-order valence-corrected chi connectivity index (χ3v) is 6.40. The first-order valence-corrected chi connectivity index (χ1v) is 10.9. The molecule has 6 nitrogen and oxygen atoms in total. The summed E-state index contributed by atoms with van der Waals surface area (Å²) in [5.74, 6) is 0.598. The number of pyridine rings is 1. The van der Waals surface area contributed by atoms with Crippen LogP contribution in [-0.4, -0.2) is 31.7 Å². The molecule has 1 aliphatic heterocycles. The number of hydrogen-bond donors (Lipinski definition) is 1. The molecule has 0 radical (unpaired) electrons. The highest BCUT2D eigenvalue weighted by molar-refractivity contribution is 5.83. The maximum absolute atomic E-state index is 12.9. The summed E-state index contributed by atoms with van der Waals surface area (Å²) in [5, 5.41) is 13.4. The highest BCUT2D eigenvalue weighted by atomic mass is 16.3. The molecule has 0 bridgehead atoms. The summed E-state index contributed by atoms with van der Waals surface area (Å²) in [6, 6.07) is 19.4. The van der Waals surface area contributed by atoms with Gasteiger partial charge in [0.15, 0.2) is 0 Å². The molecule has 162 valence electrons. The minimum atomic E-state index is -0.716. The van der Waals surface area contributed by atoms with Crippen molar-refractivity contribution >= 4 is 16.7 Å². The number of nitrogens with zero attached hydrogens (tertiary/aromatic N) is 4. The molecule has 0 aliphatic carbocycles. The zero-order valence-electron chi connectivity index (χ0n) is 18.3. The molecule has 5 rings (SSSR count). The minimum absolute atomic E-state index is 0.0810. The maximum Gasteiger partial charge on any atom is 0.255 e. The van der Waals surface area contributed by atoms with Gasteiger partial charge in [-0.05, 0) is 54.8 Å². The molecule has 1 aliphatic rings. The average molecular weight is 427 g/mol. The van der Waals surface area contributed by atoms with Gasteiger partial charge in [-0.2, -0.15) is 0 Å². The summed E-state index contributed by atoms with van der Waals surface area (Å²) in [7, 11) is 0. The second-order valence-electron chi connectivity index (χ2n) is 8.96. The van der Waals surface area contributed by atoms with Crippen molar-refractivity contribution in [3.05, 3.63) is 89.0 Å². The van der Waals surface area contributed by atoms with Crippen molar-refractivity contribution in [2.45, 2.75) is 38.5 Å². The number of hydrogen-bond acceptors (Lipinski definition) is 5. The smallest absolute Gasteiger partial charge is 0.255 e. The van der Waals surface area contributed by atoms with Gasteiger partial charge in [0, 0.05) is 36.1 Å². The van der Waals surface area contributed by atoms with E-state index in [4.69, 9.17) is 4.98 Å². The molecule has 2 aromatic carbocycles. The van der Waals surface area contributed by atoms with Crippen LogP contribution in [0.5, 0.6) is 0 Å². The zero-order chi connectivity index (χ0) is 22.3. The summed E-state index contributed by atoms with van der Waals surface area (Å²) in [6.07, 6.45) is 3.46. The molecule has 0 spiro atoms. The summed E-state index contributed by atoms with van der Waals surface area (Å²) in [4.78, 5) is 23.9. The van der Waals surface area contributed by atoms with Crippen molar-refractivity contribution in [3.63, 3.8) is 0 Å². The fraction of sp³-hybridized carbons (Fsp3) is 0.269. The number of anilines is 1. The molecule has 2 aromatic heterocycles. The number of benzene rings is 2. The molecule has 3 heterocycles. The molecule has 0 unspecified atom stereocenters. The van der Waals surface area contributed by atoms with Gasteiger partial charge in [-0.15, -0.1) is 0 Å². The molecule has 0 saturated heterocycles. The summed E-state index contributed by atoms with van der Waals surface area (Å²) < 4.78 is 1.71. The Labute approximate surface area is 186 Å². The second kappa shape index (κ2) is 7.88. The molecule has 1 atom stereocenters. The minimum Gasteiger partial charge on any atom is -0.387 e. The van der Waals surface area contributed by atoms with Gasteiger partial charge in [0.25, 0.3) is 5.56 Å². The first-order chi connectivity index (χ1) is 15.4. The predicted octanol–water partition coefficient (Wildman–Crippen LogP) is 4.18. The zero-order valence-corrected chi connectivity index (χ0v) is 18.3. The van der Waals surface area contributed by atoms with Crippen molar-refractivity contribution in [1.82, 2.24) is 14.5 Å². The molecule has 4 aromatic rings. The van der Waals surface area contributed by atoms with E-state index in [1.54, 1.807) is 23.0 Å². The summed E-state index contributed by atoms with van der Waals surface area (Å²) in [6.45, 7) is 5.22. The molecule has 0 fully saturated rings. The first kappa shape index (κ1) is 20.4. The van der Waals surface area contributed by atoms with Crippen LogP contribution in [0.4, 0.5) is 5.95 Å². The predicted molar refractivity (Wildman–Crippen MR) is 127 cm³/mol. The van der Waals surface area contributed by atoms with E-state index in [9.17, 15) is 9.90 Å². The van der Waals surface area contributed by atoms with Crippen molar-refractivity contribution in [2.24, 2.45) is 0 Å². The van der Waals surface area contributed by atoms with Crippen LogP contribution >= 0.6 is 0 Å². The van der Waals surface area contributed by atoms with E-state index in [1.807, 2.05) is 48.5 Å². The maximum atomic E-state index is 12.9. The van der Waals surface area contributed by atoms with Crippen molar-refractivity contribution in [3.8, 4) is 11.3 Å². The molecule has 32 heavy (non-hydrogen) atoms. The Morgan fingerprint density at radius 2 is 1.78 bits per heavy atom. The number of β-amino-alcohol motifs (C(OH)–C–C–N with tert-alkyl or cyclic N) is 1. The van der Waals surface area contributed by atoms with Crippen LogP contribution in [0.1, 0.15) is 31.9 Å². The molecule has 0 amide bonds. The lowest BCUT2D eigenvalue weighted by Gasteiger charge is -2.45. The van der Waals surface area contributed by atoms with E-state index < -0.39 is 6.10 Å². The van der Waals surface area contributed by atoms with Crippen LogP contribution in [0.15, 0.2) is 77.9 Å². The fourth-order valence-corrected chi connectivity index (χ4v) is 4.39. The van der Waals surface area contributed by atoms with Crippen molar-refractivity contribution in [1.29, 1.82) is 0 Å². The van der Waals surface area contributed by atoms with Gasteiger partial charge in [0.1, 0.15) is 0 Å². The van der Waals surface area contributed by atoms with Crippen LogP contribution < -0.4 is 10.5 Å². The van der Waals surface area contributed by atoms with Gasteiger partial charge in [-0.3, -0.25) is 14.3 Å². The Bertz CT molecular complexity index is 1330. The van der Waals surface area contributed by atoms with Crippen molar-refractivity contribution in [2.75, 3.05) is 11.4 Å². The Kier molecular flexibility index (Phi) is 5.02. The van der Waals surface area contributed by atoms with Gasteiger partial charge >= 0.3 is 0 Å². The highest BCUT2D eigenvalue weighted by Gasteiger charge is 2.36. The average Bonchev–Trinajstić information content (AvgIpc) is 2.81. The molecule has 1 N–H and O–H groups in total. The van der Waals surface area contributed by atoms with Crippen LogP contribution in [0, 0.1) is 0 Å². The first-order valence-electron chi connectivity index (χ1n) is 10.9. The van der Waals surface area contributed by atoms with E-state index in [2.05, 4.69) is 29.8 Å². The number of fused-ring (bicyclic) bond motifs is 2. The lowest BCUT2D eigenvalue weighted by molar-refractivity contribution is 0.169. The summed E-state index contributed by atoms with van der Waals surface area (Å²) >= 11 is 0. The molecule has 6 heteroatoms. The van der Waals surface area contributed by atoms with Gasteiger partial charge in [-0.25, -0.2) is 4.98 Å². The Balaban J connectivity index is 1.54. The van der Waals surface area contributed by atoms with Crippen LogP contribution in [-0.2, 0) is 6.54 Å². The van der Waals surface area contributed by atoms with Gasteiger partial charge in [0.05, 0.1) is 18.3 Å². The van der Waals surface area contributed by atoms with Gasteiger partial charge in [-0.1, -0.05) is 36.4 Å². The number of aromatic nitrogens is 3. The monoisotopic (exact) mass is 426 g/mol. The lowest BCUT2D eigenvalue weighted by atomic mass is 9.94. The molecular formula is C26H26N4O2. The second-order valence-corrected chi connectivity index (χ2v) is 8.96. The SMILES string of the molecule is CC1(C)CCn2c(nc(-c3ccncc3)cc2=O)N1C[C@@H](O)c1ccc2ccccc2c1. The number of aliphatic hydroxyl groups is 1. The van der Waals surface area contributed by atoms with Crippen LogP contribution in [0.2, 0.25) is 0 Å². The Morgan fingerprint density at radius 3 is 2.56 bits per heavy atom. The quantitative estimate of drug-likeness (QED) is 0.530. The van der Waals surface area contributed by atoms with Gasteiger partial charge in [0.2, 0.25) is 5.95 Å². The summed E-state index contributed by atoms with van der Waals surface area (Å²) in [5.41, 5.74) is 1.98. The van der Waals surface area contributed by atoms with Crippen LogP contribution in [0.25, 0.3) is 22.0 Å². The van der Waals surface area contributed by atoms with Crippen molar-refractivity contribution < 1.29 is 5.11 Å². The highest BCUT2D eigenvalue weighted by Crippen LogP contribution is 2.33. The fourth-order valence-electron chi connectivity index (χ4n) is 4.39. The largest absolute Gasteiger partial charge is 0.387 e. The Hall–Kier alpha value is -3.51. The molecule has 0 saturated carbocycles. The number of aliphatic hydroxyl groups excluding tert-OH is 1. The van der Waals surface area contributed by atoms with E-state index in [1.165, 1.54) is 0 Å². The topological polar surface area (TPSA) is 71.2 Å². The third-order valence-electron chi connectivity index (χ3n) is 6.40. The Morgan fingerprint density at radius 1 is 1.03 bits per heavy atom. The van der Waals surface area contributed by atoms with Gasteiger partial charge < -0.3 is 10.0 Å². The van der Waals surface area contributed by atoms with E-state index in [0.29, 0.717) is 24.7 Å². The normalized spacial score (nSPS) is 16.0. The van der Waals surface area contributed by atoms with E-state index >= 15 is 0 Å². The van der Waals surface area contributed by atoms with E-state index in [-0.39, 0.29) is 11.1 Å². The number of rotatable bonds is 4. The third kappa shape index (κ3) is 3.67. The van der Waals surface area contributed by atoms with E-state index in [0.717, 1.165) is 28.3 Å². The molecular weight excluding hydrogens is 400 g/mol.